The van der Waals surface area contributed by atoms with Crippen molar-refractivity contribution in [1.82, 2.24) is 0 Å². The van der Waals surface area contributed by atoms with Crippen molar-refractivity contribution in [3.63, 3.8) is 0 Å². The van der Waals surface area contributed by atoms with Crippen LogP contribution < -0.4 is 0 Å². The van der Waals surface area contributed by atoms with Gasteiger partial charge < -0.3 is 4.74 Å². The minimum absolute atomic E-state index is 0.373. The second-order valence-electron chi connectivity index (χ2n) is 1.49. The van der Waals surface area contributed by atoms with E-state index in [0.29, 0.717) is 5.57 Å². The number of rotatable bonds is 2. The summed E-state index contributed by atoms with van der Waals surface area (Å²) in [6, 6.07) is 0. The van der Waals surface area contributed by atoms with Gasteiger partial charge in [0, 0.05) is 6.20 Å². The number of carbonyl (C=O) groups excluding carboxylic acids is 1. The zero-order chi connectivity index (χ0) is 7.28. The second kappa shape index (κ2) is 3.83. The van der Waals surface area contributed by atoms with E-state index in [2.05, 4.69) is 16.4 Å². The Balaban J connectivity index is 4.01. The van der Waals surface area contributed by atoms with Crippen molar-refractivity contribution in [2.75, 3.05) is 7.11 Å². The molecule has 0 fully saturated rings. The van der Waals surface area contributed by atoms with Gasteiger partial charge in [0.25, 0.3) is 0 Å². The first-order chi connectivity index (χ1) is 4.22. The fraction of sp³-hybridized carbons (Fsp3) is 0.333. The van der Waals surface area contributed by atoms with E-state index in [-0.39, 0.29) is 5.97 Å². The van der Waals surface area contributed by atoms with E-state index in [0.717, 1.165) is 0 Å². The molecule has 0 aromatic carbocycles. The molecule has 0 radical (unpaired) electrons. The molecule has 0 aliphatic heterocycles. The molecule has 0 atom stereocenters. The van der Waals surface area contributed by atoms with Gasteiger partial charge in [-0.1, -0.05) is 0 Å². The lowest BCUT2D eigenvalue weighted by Crippen LogP contribution is -2.00. The molecular formula is C6H9NO2. The maximum Gasteiger partial charge on any atom is 0.334 e. The molecule has 0 saturated heterocycles. The predicted molar refractivity (Wildman–Crippen MR) is 35.3 cm³/mol. The fourth-order valence-corrected chi connectivity index (χ4v) is 0.351. The highest BCUT2D eigenvalue weighted by Gasteiger charge is 1.99. The first-order valence-corrected chi connectivity index (χ1v) is 2.43. The summed E-state index contributed by atoms with van der Waals surface area (Å²) in [6.45, 7) is 4.79. The summed E-state index contributed by atoms with van der Waals surface area (Å²) in [5, 5.41) is 0. The zero-order valence-corrected chi connectivity index (χ0v) is 5.55. The number of carbonyl (C=O) groups is 1. The summed E-state index contributed by atoms with van der Waals surface area (Å²) in [5.74, 6) is -0.373. The summed E-state index contributed by atoms with van der Waals surface area (Å²) in [4.78, 5) is 13.9. The van der Waals surface area contributed by atoms with Crippen molar-refractivity contribution in [2.45, 2.75) is 6.92 Å². The van der Waals surface area contributed by atoms with Crippen LogP contribution in [0.3, 0.4) is 0 Å². The Hall–Kier alpha value is -1.12. The van der Waals surface area contributed by atoms with Crippen LogP contribution in [0.4, 0.5) is 0 Å². The van der Waals surface area contributed by atoms with E-state index in [1.54, 1.807) is 6.92 Å². The van der Waals surface area contributed by atoms with Crippen LogP contribution in [0, 0.1) is 0 Å². The fourth-order valence-electron chi connectivity index (χ4n) is 0.351. The highest BCUT2D eigenvalue weighted by Crippen LogP contribution is 1.93. The van der Waals surface area contributed by atoms with E-state index in [1.165, 1.54) is 13.3 Å². The third kappa shape index (κ3) is 2.64. The maximum atomic E-state index is 10.5. The lowest BCUT2D eigenvalue weighted by molar-refractivity contribution is -0.136. The number of esters is 1. The topological polar surface area (TPSA) is 38.7 Å². The maximum absolute atomic E-state index is 10.5. The molecule has 3 heteroatoms. The van der Waals surface area contributed by atoms with Crippen LogP contribution >= 0.6 is 0 Å². The number of nitrogens with zero attached hydrogens (tertiary/aromatic N) is 1. The molecule has 0 heterocycles. The van der Waals surface area contributed by atoms with Crippen LogP contribution in [0.1, 0.15) is 6.92 Å². The van der Waals surface area contributed by atoms with E-state index in [9.17, 15) is 4.79 Å². The van der Waals surface area contributed by atoms with Crippen molar-refractivity contribution in [3.05, 3.63) is 11.8 Å². The zero-order valence-electron chi connectivity index (χ0n) is 5.55. The number of ether oxygens (including phenoxy) is 1. The van der Waals surface area contributed by atoms with Crippen molar-refractivity contribution < 1.29 is 9.53 Å². The standard InChI is InChI=1S/C6H9NO2/c1-5(4-7-2)6(8)9-3/h4H,2H2,1,3H3/b5-4+. The van der Waals surface area contributed by atoms with Gasteiger partial charge in [-0.15, -0.1) is 0 Å². The Morgan fingerprint density at radius 2 is 2.33 bits per heavy atom. The van der Waals surface area contributed by atoms with Crippen molar-refractivity contribution >= 4 is 12.7 Å². The third-order valence-electron chi connectivity index (χ3n) is 0.792. The lowest BCUT2D eigenvalue weighted by atomic mass is 10.3. The Labute approximate surface area is 54.0 Å². The minimum Gasteiger partial charge on any atom is -0.466 e. The molecule has 0 rings (SSSR count). The van der Waals surface area contributed by atoms with Crippen LogP contribution in [-0.2, 0) is 9.53 Å². The molecule has 0 N–H and O–H groups in total. The van der Waals surface area contributed by atoms with Gasteiger partial charge in [-0.3, -0.25) is 4.99 Å². The van der Waals surface area contributed by atoms with Gasteiger partial charge in [-0.2, -0.15) is 0 Å². The van der Waals surface area contributed by atoms with Gasteiger partial charge in [0.1, 0.15) is 0 Å². The number of aliphatic imine (C=N–C) groups is 1. The number of hydrogen-bond donors (Lipinski definition) is 0. The lowest BCUT2D eigenvalue weighted by Gasteiger charge is -1.93. The molecule has 0 aliphatic rings. The van der Waals surface area contributed by atoms with E-state index in [4.69, 9.17) is 0 Å². The molecule has 0 unspecified atom stereocenters. The Kier molecular flexibility index (Phi) is 3.35. The smallest absolute Gasteiger partial charge is 0.334 e. The second-order valence-corrected chi connectivity index (χ2v) is 1.49. The van der Waals surface area contributed by atoms with Crippen molar-refractivity contribution in [3.8, 4) is 0 Å². The molecule has 3 nitrogen and oxygen atoms in total. The highest BCUT2D eigenvalue weighted by atomic mass is 16.5. The van der Waals surface area contributed by atoms with Gasteiger partial charge >= 0.3 is 5.97 Å². The predicted octanol–water partition coefficient (Wildman–Crippen LogP) is 0.764. The molecule has 0 amide bonds. The van der Waals surface area contributed by atoms with Crippen LogP contribution in [-0.4, -0.2) is 19.8 Å². The molecule has 50 valence electrons. The summed E-state index contributed by atoms with van der Waals surface area (Å²) in [7, 11) is 1.32. The van der Waals surface area contributed by atoms with Crippen LogP contribution in [0.15, 0.2) is 16.8 Å². The first-order valence-electron chi connectivity index (χ1n) is 2.43. The Bertz CT molecular complexity index is 149. The van der Waals surface area contributed by atoms with Gasteiger partial charge in [-0.05, 0) is 13.6 Å². The quantitative estimate of drug-likeness (QED) is 0.312. The van der Waals surface area contributed by atoms with Crippen LogP contribution in [0.5, 0.6) is 0 Å². The molecular weight excluding hydrogens is 118 g/mol. The van der Waals surface area contributed by atoms with E-state index < -0.39 is 0 Å². The van der Waals surface area contributed by atoms with Crippen LogP contribution in [0.2, 0.25) is 0 Å². The molecule has 0 bridgehead atoms. The van der Waals surface area contributed by atoms with E-state index in [1.807, 2.05) is 0 Å². The molecule has 9 heavy (non-hydrogen) atoms. The molecule has 0 aromatic rings. The van der Waals surface area contributed by atoms with Crippen molar-refractivity contribution in [1.29, 1.82) is 0 Å². The summed E-state index contributed by atoms with van der Waals surface area (Å²) >= 11 is 0. The molecule has 0 saturated carbocycles. The van der Waals surface area contributed by atoms with Gasteiger partial charge in [0.05, 0.1) is 12.7 Å². The third-order valence-corrected chi connectivity index (χ3v) is 0.792. The average Bonchev–Trinajstić information content (AvgIpc) is 1.87. The summed E-state index contributed by atoms with van der Waals surface area (Å²) in [6.07, 6.45) is 1.35. The monoisotopic (exact) mass is 127 g/mol. The molecule has 0 aromatic heterocycles. The number of hydrogen-bond acceptors (Lipinski definition) is 3. The first kappa shape index (κ1) is 7.88. The van der Waals surface area contributed by atoms with Gasteiger partial charge in [0.15, 0.2) is 0 Å². The SMILES string of the molecule is C=N/C=C(\C)C(=O)OC. The summed E-state index contributed by atoms with van der Waals surface area (Å²) in [5.41, 5.74) is 0.451. The molecule has 0 spiro atoms. The average molecular weight is 127 g/mol. The Morgan fingerprint density at radius 1 is 1.78 bits per heavy atom. The Morgan fingerprint density at radius 3 is 2.67 bits per heavy atom. The van der Waals surface area contributed by atoms with Gasteiger partial charge in [0.2, 0.25) is 0 Å². The molecule has 0 aliphatic carbocycles. The normalized spacial score (nSPS) is 10.7. The summed E-state index contributed by atoms with van der Waals surface area (Å²) < 4.78 is 4.37. The highest BCUT2D eigenvalue weighted by molar-refractivity contribution is 5.87. The largest absolute Gasteiger partial charge is 0.466 e. The minimum atomic E-state index is -0.373. The van der Waals surface area contributed by atoms with Gasteiger partial charge in [-0.25, -0.2) is 4.79 Å². The van der Waals surface area contributed by atoms with E-state index >= 15 is 0 Å². The van der Waals surface area contributed by atoms with Crippen LogP contribution in [0.25, 0.3) is 0 Å². The van der Waals surface area contributed by atoms with Crippen molar-refractivity contribution in [2.24, 2.45) is 4.99 Å². The number of methoxy groups -OCH3 is 1.